The van der Waals surface area contributed by atoms with Gasteiger partial charge in [-0.25, -0.2) is 0 Å². The molecule has 2 rings (SSSR count). The lowest BCUT2D eigenvalue weighted by molar-refractivity contribution is 0.284. The summed E-state index contributed by atoms with van der Waals surface area (Å²) in [5, 5.41) is 3.57. The number of halogens is 2. The highest BCUT2D eigenvalue weighted by Gasteiger charge is 2.07. The van der Waals surface area contributed by atoms with Gasteiger partial charge in [-0.2, -0.15) is 0 Å². The number of hydrogen-bond acceptors (Lipinski definition) is 2. The Morgan fingerprint density at radius 1 is 1.00 bits per heavy atom. The van der Waals surface area contributed by atoms with E-state index in [4.69, 9.17) is 0 Å². The van der Waals surface area contributed by atoms with Gasteiger partial charge in [0.2, 0.25) is 0 Å². The molecule has 0 spiro atoms. The van der Waals surface area contributed by atoms with Crippen LogP contribution in [0.5, 0.6) is 0 Å². The largest absolute Gasteiger partial charge is 0.311 e. The first-order valence-corrected chi connectivity index (χ1v) is 7.34. The van der Waals surface area contributed by atoms with Crippen molar-refractivity contribution >= 4 is 24.8 Å². The van der Waals surface area contributed by atoms with Gasteiger partial charge in [0.15, 0.2) is 0 Å². The first kappa shape index (κ1) is 19.7. The minimum Gasteiger partial charge on any atom is -0.311 e. The van der Waals surface area contributed by atoms with Crippen LogP contribution in [-0.4, -0.2) is 31.1 Å². The van der Waals surface area contributed by atoms with Gasteiger partial charge in [0.1, 0.15) is 0 Å². The van der Waals surface area contributed by atoms with E-state index in [1.165, 1.54) is 56.4 Å². The molecule has 1 heterocycles. The van der Waals surface area contributed by atoms with E-state index in [-0.39, 0.29) is 24.8 Å². The Bertz CT molecular complexity index is 350. The third-order valence-electron chi connectivity index (χ3n) is 3.88. The molecule has 0 atom stereocenters. The van der Waals surface area contributed by atoms with Crippen LogP contribution in [-0.2, 0) is 6.54 Å². The molecule has 1 fully saturated rings. The fourth-order valence-corrected chi connectivity index (χ4v) is 2.63. The van der Waals surface area contributed by atoms with Crippen LogP contribution in [0.25, 0.3) is 0 Å². The quantitative estimate of drug-likeness (QED) is 0.831. The number of rotatable bonds is 5. The molecule has 1 saturated heterocycles. The lowest BCUT2D eigenvalue weighted by Gasteiger charge is -2.19. The number of nitrogens with one attached hydrogen (secondary N) is 1. The highest BCUT2D eigenvalue weighted by Crippen LogP contribution is 2.09. The predicted molar refractivity (Wildman–Crippen MR) is 92.3 cm³/mol. The molecule has 1 N–H and O–H groups in total. The van der Waals surface area contributed by atoms with E-state index in [0.717, 1.165) is 13.1 Å². The van der Waals surface area contributed by atoms with Gasteiger partial charge in [0, 0.05) is 19.6 Å². The fraction of sp³-hybridized carbons (Fsp3) is 0.625. The average molecular weight is 319 g/mol. The van der Waals surface area contributed by atoms with E-state index in [1.54, 1.807) is 0 Å². The average Bonchev–Trinajstić information content (AvgIpc) is 2.65. The van der Waals surface area contributed by atoms with Gasteiger partial charge in [0.05, 0.1) is 0 Å². The predicted octanol–water partition coefficient (Wildman–Crippen LogP) is 3.80. The smallest absolute Gasteiger partial charge is 0.0208 e. The molecular formula is C16H28Cl2N2. The van der Waals surface area contributed by atoms with Crippen molar-refractivity contribution in [3.63, 3.8) is 0 Å². The van der Waals surface area contributed by atoms with Crippen molar-refractivity contribution in [1.82, 2.24) is 10.2 Å². The molecule has 2 nitrogen and oxygen atoms in total. The van der Waals surface area contributed by atoms with Crippen LogP contribution in [0.4, 0.5) is 0 Å². The minimum absolute atomic E-state index is 0. The maximum absolute atomic E-state index is 3.57. The molecule has 0 saturated carbocycles. The van der Waals surface area contributed by atoms with Gasteiger partial charge in [-0.1, -0.05) is 37.1 Å². The summed E-state index contributed by atoms with van der Waals surface area (Å²) in [6, 6.07) is 8.63. The topological polar surface area (TPSA) is 15.3 Å². The normalized spacial score (nSPS) is 15.8. The number of hydrogen-bond donors (Lipinski definition) is 1. The van der Waals surface area contributed by atoms with E-state index < -0.39 is 0 Å². The van der Waals surface area contributed by atoms with E-state index in [9.17, 15) is 0 Å². The van der Waals surface area contributed by atoms with Crippen LogP contribution in [0.2, 0.25) is 0 Å². The summed E-state index contributed by atoms with van der Waals surface area (Å²) >= 11 is 0. The Morgan fingerprint density at radius 3 is 2.30 bits per heavy atom. The number of aryl methyl sites for hydroxylation is 1. The summed E-state index contributed by atoms with van der Waals surface area (Å²) in [6.07, 6.45) is 5.62. The van der Waals surface area contributed by atoms with E-state index in [0.29, 0.717) is 0 Å². The van der Waals surface area contributed by atoms with Crippen molar-refractivity contribution < 1.29 is 0 Å². The first-order chi connectivity index (χ1) is 8.86. The van der Waals surface area contributed by atoms with Crippen molar-refractivity contribution in [3.05, 3.63) is 35.4 Å². The standard InChI is InChI=1S/C16H26N2.2ClH/c1-15-8-4-5-9-16(15)14-17-10-13-18-11-6-2-3-7-12-18;;/h4-5,8-9,17H,2-3,6-7,10-14H2,1H3;2*1H. The molecule has 4 heteroatoms. The molecular weight excluding hydrogens is 291 g/mol. The summed E-state index contributed by atoms with van der Waals surface area (Å²) in [7, 11) is 0. The molecule has 0 radical (unpaired) electrons. The van der Waals surface area contributed by atoms with E-state index >= 15 is 0 Å². The molecule has 0 unspecified atom stereocenters. The lowest BCUT2D eigenvalue weighted by Crippen LogP contribution is -2.32. The molecule has 20 heavy (non-hydrogen) atoms. The maximum atomic E-state index is 3.57. The van der Waals surface area contributed by atoms with Crippen molar-refractivity contribution in [2.24, 2.45) is 0 Å². The Morgan fingerprint density at radius 2 is 1.65 bits per heavy atom. The van der Waals surface area contributed by atoms with Gasteiger partial charge in [-0.3, -0.25) is 0 Å². The zero-order valence-corrected chi connectivity index (χ0v) is 14.1. The molecule has 116 valence electrons. The van der Waals surface area contributed by atoms with Crippen molar-refractivity contribution in [3.8, 4) is 0 Å². The molecule has 0 aromatic heterocycles. The number of benzene rings is 1. The number of likely N-dealkylation sites (tertiary alicyclic amines) is 1. The van der Waals surface area contributed by atoms with Crippen LogP contribution in [0.15, 0.2) is 24.3 Å². The molecule has 0 bridgehead atoms. The van der Waals surface area contributed by atoms with Gasteiger partial charge >= 0.3 is 0 Å². The maximum Gasteiger partial charge on any atom is 0.0208 e. The summed E-state index contributed by atoms with van der Waals surface area (Å²) in [6.45, 7) is 8.09. The van der Waals surface area contributed by atoms with Crippen LogP contribution in [0, 0.1) is 6.92 Å². The summed E-state index contributed by atoms with van der Waals surface area (Å²) in [5.41, 5.74) is 2.81. The Balaban J connectivity index is 0.00000180. The third kappa shape index (κ3) is 6.94. The first-order valence-electron chi connectivity index (χ1n) is 7.34. The van der Waals surface area contributed by atoms with E-state index in [2.05, 4.69) is 41.4 Å². The van der Waals surface area contributed by atoms with Crippen molar-refractivity contribution in [2.45, 2.75) is 39.2 Å². The second-order valence-corrected chi connectivity index (χ2v) is 5.36. The van der Waals surface area contributed by atoms with Gasteiger partial charge in [0.25, 0.3) is 0 Å². The summed E-state index contributed by atoms with van der Waals surface area (Å²) < 4.78 is 0. The fourth-order valence-electron chi connectivity index (χ4n) is 2.63. The summed E-state index contributed by atoms with van der Waals surface area (Å²) in [5.74, 6) is 0. The van der Waals surface area contributed by atoms with Crippen LogP contribution in [0.1, 0.15) is 36.8 Å². The minimum atomic E-state index is 0. The third-order valence-corrected chi connectivity index (χ3v) is 3.88. The second kappa shape index (κ2) is 11.4. The molecule has 0 amide bonds. The zero-order valence-electron chi connectivity index (χ0n) is 12.4. The molecule has 1 aromatic carbocycles. The summed E-state index contributed by atoms with van der Waals surface area (Å²) in [4.78, 5) is 2.61. The van der Waals surface area contributed by atoms with E-state index in [1.807, 2.05) is 0 Å². The zero-order chi connectivity index (χ0) is 12.6. The monoisotopic (exact) mass is 318 g/mol. The van der Waals surface area contributed by atoms with Crippen LogP contribution < -0.4 is 5.32 Å². The number of nitrogens with zero attached hydrogens (tertiary/aromatic N) is 1. The lowest BCUT2D eigenvalue weighted by atomic mass is 10.1. The SMILES string of the molecule is Cc1ccccc1CNCCN1CCCCCC1.Cl.Cl. The molecule has 1 aliphatic heterocycles. The molecule has 1 aromatic rings. The van der Waals surface area contributed by atoms with Crippen molar-refractivity contribution in [2.75, 3.05) is 26.2 Å². The van der Waals surface area contributed by atoms with Crippen LogP contribution in [0.3, 0.4) is 0 Å². The molecule has 1 aliphatic rings. The highest BCUT2D eigenvalue weighted by molar-refractivity contribution is 5.85. The molecule has 0 aliphatic carbocycles. The van der Waals surface area contributed by atoms with Gasteiger partial charge in [-0.15, -0.1) is 24.8 Å². The van der Waals surface area contributed by atoms with Gasteiger partial charge in [-0.05, 0) is 44.0 Å². The second-order valence-electron chi connectivity index (χ2n) is 5.36. The van der Waals surface area contributed by atoms with Crippen molar-refractivity contribution in [1.29, 1.82) is 0 Å². The van der Waals surface area contributed by atoms with Gasteiger partial charge < -0.3 is 10.2 Å². The Labute approximate surface area is 136 Å². The van der Waals surface area contributed by atoms with Crippen LogP contribution >= 0.6 is 24.8 Å². The Kier molecular flexibility index (Phi) is 11.2. The highest BCUT2D eigenvalue weighted by atomic mass is 35.5. The Hall–Kier alpha value is -0.280.